The molecule has 0 amide bonds. The third kappa shape index (κ3) is 3.26. The Morgan fingerprint density at radius 1 is 1.04 bits per heavy atom. The maximum absolute atomic E-state index is 13.6. The van der Waals surface area contributed by atoms with Crippen molar-refractivity contribution in [1.29, 1.82) is 0 Å². The number of hydrogen-bond donors (Lipinski definition) is 0. The molecule has 2 nitrogen and oxygen atoms in total. The van der Waals surface area contributed by atoms with Crippen LogP contribution in [0.1, 0.15) is 41.5 Å². The van der Waals surface area contributed by atoms with Gasteiger partial charge in [0, 0.05) is 5.92 Å². The van der Waals surface area contributed by atoms with Gasteiger partial charge in [0.15, 0.2) is 0 Å². The van der Waals surface area contributed by atoms with E-state index in [1.807, 2.05) is 0 Å². The highest BCUT2D eigenvalue weighted by Crippen LogP contribution is 2.37. The average molecular weight is 316 g/mol. The molecule has 0 atom stereocenters. The van der Waals surface area contributed by atoms with Crippen LogP contribution in [0.5, 0.6) is 0 Å². The van der Waals surface area contributed by atoms with Crippen LogP contribution in [0.15, 0.2) is 36.4 Å². The molecule has 120 valence electrons. The lowest BCUT2D eigenvalue weighted by molar-refractivity contribution is -0.143. The van der Waals surface area contributed by atoms with Gasteiger partial charge in [-0.2, -0.15) is 0 Å². The highest BCUT2D eigenvalue weighted by Gasteiger charge is 2.26. The fourth-order valence-electron chi connectivity index (χ4n) is 3.30. The summed E-state index contributed by atoms with van der Waals surface area (Å²) in [6.45, 7) is 2.08. The van der Waals surface area contributed by atoms with Crippen molar-refractivity contribution in [2.45, 2.75) is 32.1 Å². The number of hydrogen-bond acceptors (Lipinski definition) is 2. The Morgan fingerprint density at radius 3 is 2.04 bits per heavy atom. The van der Waals surface area contributed by atoms with Crippen molar-refractivity contribution < 1.29 is 18.3 Å². The number of ether oxygens (including phenoxy) is 1. The van der Waals surface area contributed by atoms with Gasteiger partial charge in [0.25, 0.3) is 0 Å². The summed E-state index contributed by atoms with van der Waals surface area (Å²) < 4.78 is 32.2. The second kappa shape index (κ2) is 6.49. The van der Waals surface area contributed by atoms with Crippen molar-refractivity contribution in [3.05, 3.63) is 70.3 Å². The number of benzene rings is 2. The van der Waals surface area contributed by atoms with Gasteiger partial charge in [0.2, 0.25) is 0 Å². The first-order valence-corrected chi connectivity index (χ1v) is 7.80. The maximum atomic E-state index is 13.6. The normalized spacial score (nSPS) is 13.9. The third-order valence-corrected chi connectivity index (χ3v) is 4.30. The minimum absolute atomic E-state index is 0.172. The van der Waals surface area contributed by atoms with Crippen molar-refractivity contribution in [2.75, 3.05) is 6.61 Å². The number of esters is 1. The summed E-state index contributed by atoms with van der Waals surface area (Å²) in [7, 11) is 0. The van der Waals surface area contributed by atoms with E-state index >= 15 is 0 Å². The highest BCUT2D eigenvalue weighted by molar-refractivity contribution is 5.72. The number of carbonyl (C=O) groups is 1. The van der Waals surface area contributed by atoms with Gasteiger partial charge in [0.1, 0.15) is 11.6 Å². The van der Waals surface area contributed by atoms with Crippen LogP contribution in [0.3, 0.4) is 0 Å². The summed E-state index contributed by atoms with van der Waals surface area (Å²) >= 11 is 0. The molecule has 23 heavy (non-hydrogen) atoms. The molecule has 0 aromatic heterocycles. The second-order valence-corrected chi connectivity index (χ2v) is 5.75. The Bertz CT molecular complexity index is 687. The van der Waals surface area contributed by atoms with Gasteiger partial charge in [-0.1, -0.05) is 12.1 Å². The maximum Gasteiger partial charge on any atom is 0.306 e. The smallest absolute Gasteiger partial charge is 0.306 e. The number of aryl methyl sites for hydroxylation is 2. The Kier molecular flexibility index (Phi) is 4.42. The largest absolute Gasteiger partial charge is 0.466 e. The topological polar surface area (TPSA) is 26.3 Å². The molecular weight excluding hydrogens is 298 g/mol. The van der Waals surface area contributed by atoms with E-state index < -0.39 is 0 Å². The summed E-state index contributed by atoms with van der Waals surface area (Å²) in [6, 6.07) is 9.29. The van der Waals surface area contributed by atoms with Crippen LogP contribution in [0, 0.1) is 11.6 Å². The fraction of sp³-hybridized carbons (Fsp3) is 0.316. The lowest BCUT2D eigenvalue weighted by Gasteiger charge is -2.19. The van der Waals surface area contributed by atoms with Crippen molar-refractivity contribution in [3.8, 4) is 0 Å². The number of carbonyl (C=O) groups excluding carboxylic acids is 1. The zero-order chi connectivity index (χ0) is 16.4. The molecule has 0 saturated heterocycles. The van der Waals surface area contributed by atoms with Crippen LogP contribution in [0.2, 0.25) is 0 Å². The third-order valence-electron chi connectivity index (χ3n) is 4.30. The molecule has 1 aliphatic rings. The van der Waals surface area contributed by atoms with Gasteiger partial charge < -0.3 is 4.74 Å². The predicted molar refractivity (Wildman–Crippen MR) is 83.3 cm³/mol. The van der Waals surface area contributed by atoms with E-state index in [1.54, 1.807) is 19.1 Å². The summed E-state index contributed by atoms with van der Waals surface area (Å²) in [4.78, 5) is 12.0. The number of rotatable bonds is 3. The lowest BCUT2D eigenvalue weighted by atomic mass is 9.85. The molecule has 4 heteroatoms. The van der Waals surface area contributed by atoms with Gasteiger partial charge in [-0.05, 0) is 66.3 Å². The molecule has 0 fully saturated rings. The van der Waals surface area contributed by atoms with Crippen molar-refractivity contribution in [3.63, 3.8) is 0 Å². The first-order chi connectivity index (χ1) is 11.1. The minimum atomic E-state index is -0.301. The summed E-state index contributed by atoms with van der Waals surface area (Å²) in [5, 5.41) is 0. The minimum Gasteiger partial charge on any atom is -0.466 e. The molecule has 3 rings (SSSR count). The first kappa shape index (κ1) is 15.7. The van der Waals surface area contributed by atoms with Crippen LogP contribution in [0.4, 0.5) is 8.78 Å². The summed E-state index contributed by atoms with van der Waals surface area (Å²) in [5.74, 6) is -1.13. The molecule has 2 aromatic rings. The lowest BCUT2D eigenvalue weighted by Crippen LogP contribution is -2.13. The van der Waals surface area contributed by atoms with Gasteiger partial charge in [-0.3, -0.25) is 4.79 Å². The monoisotopic (exact) mass is 316 g/mol. The standard InChI is InChI=1S/C19H18F2O2/c1-2-23-19(22)11-18-16-7-5-14(20)9-12(16)3-4-13-10-15(21)6-8-17(13)18/h5-10,18H,2-4,11H2,1H3. The van der Waals surface area contributed by atoms with Gasteiger partial charge in [-0.25, -0.2) is 8.78 Å². The highest BCUT2D eigenvalue weighted by atomic mass is 19.1. The van der Waals surface area contributed by atoms with Crippen molar-refractivity contribution in [1.82, 2.24) is 0 Å². The fourth-order valence-corrected chi connectivity index (χ4v) is 3.30. The van der Waals surface area contributed by atoms with E-state index in [0.29, 0.717) is 19.4 Å². The van der Waals surface area contributed by atoms with E-state index in [2.05, 4.69) is 0 Å². The molecule has 1 aliphatic carbocycles. The van der Waals surface area contributed by atoms with E-state index in [-0.39, 0.29) is 29.9 Å². The number of fused-ring (bicyclic) bond motifs is 2. The van der Waals surface area contributed by atoms with Gasteiger partial charge in [0.05, 0.1) is 13.0 Å². The van der Waals surface area contributed by atoms with Crippen molar-refractivity contribution >= 4 is 5.97 Å². The van der Waals surface area contributed by atoms with Crippen LogP contribution < -0.4 is 0 Å². The Labute approximate surface area is 134 Å². The van der Waals surface area contributed by atoms with Crippen LogP contribution in [-0.2, 0) is 22.4 Å². The molecule has 0 aliphatic heterocycles. The molecule has 2 aromatic carbocycles. The molecule has 0 unspecified atom stereocenters. The van der Waals surface area contributed by atoms with E-state index in [9.17, 15) is 13.6 Å². The quantitative estimate of drug-likeness (QED) is 0.795. The molecule has 0 N–H and O–H groups in total. The van der Waals surface area contributed by atoms with Crippen LogP contribution in [-0.4, -0.2) is 12.6 Å². The number of halogens is 2. The molecule has 0 heterocycles. The average Bonchev–Trinajstić information content (AvgIpc) is 2.65. The van der Waals surface area contributed by atoms with E-state index in [4.69, 9.17) is 4.74 Å². The molecule has 0 saturated carbocycles. The van der Waals surface area contributed by atoms with E-state index in [0.717, 1.165) is 22.3 Å². The SMILES string of the molecule is CCOC(=O)CC1c2ccc(F)cc2CCc2cc(F)ccc21. The Hall–Kier alpha value is -2.23. The zero-order valence-corrected chi connectivity index (χ0v) is 12.9. The Morgan fingerprint density at radius 2 is 1.57 bits per heavy atom. The Balaban J connectivity index is 2.08. The molecule has 0 bridgehead atoms. The van der Waals surface area contributed by atoms with Crippen LogP contribution in [0.25, 0.3) is 0 Å². The summed E-state index contributed by atoms with van der Waals surface area (Å²) in [5.41, 5.74) is 3.58. The molecular formula is C19H18F2O2. The predicted octanol–water partition coefficient (Wildman–Crippen LogP) is 4.15. The van der Waals surface area contributed by atoms with Crippen LogP contribution >= 0.6 is 0 Å². The van der Waals surface area contributed by atoms with Gasteiger partial charge in [-0.15, -0.1) is 0 Å². The summed E-state index contributed by atoms with van der Waals surface area (Å²) in [6.07, 6.45) is 1.43. The zero-order valence-electron chi connectivity index (χ0n) is 12.9. The van der Waals surface area contributed by atoms with Gasteiger partial charge >= 0.3 is 5.97 Å². The first-order valence-electron chi connectivity index (χ1n) is 7.80. The molecule has 0 radical (unpaired) electrons. The molecule has 0 spiro atoms. The second-order valence-electron chi connectivity index (χ2n) is 5.75. The van der Waals surface area contributed by atoms with Crippen molar-refractivity contribution in [2.24, 2.45) is 0 Å². The van der Waals surface area contributed by atoms with E-state index in [1.165, 1.54) is 24.3 Å².